The van der Waals surface area contributed by atoms with Gasteiger partial charge in [-0.2, -0.15) is 5.26 Å². The van der Waals surface area contributed by atoms with Crippen molar-refractivity contribution in [3.05, 3.63) is 28.2 Å². The first kappa shape index (κ1) is 12.4. The zero-order valence-corrected chi connectivity index (χ0v) is 11.7. The summed E-state index contributed by atoms with van der Waals surface area (Å²) in [4.78, 5) is 2.36. The van der Waals surface area contributed by atoms with Gasteiger partial charge in [0.25, 0.3) is 0 Å². The third kappa shape index (κ3) is 2.63. The highest BCUT2D eigenvalue weighted by molar-refractivity contribution is 9.10. The number of benzene rings is 1. The minimum Gasteiger partial charge on any atom is -0.370 e. The summed E-state index contributed by atoms with van der Waals surface area (Å²) in [6.07, 6.45) is 3.78. The van der Waals surface area contributed by atoms with E-state index in [0.717, 1.165) is 34.7 Å². The predicted octanol–water partition coefficient (Wildman–Crippen LogP) is 3.95. The summed E-state index contributed by atoms with van der Waals surface area (Å²) in [6.45, 7) is 4.41. The van der Waals surface area contributed by atoms with Crippen molar-refractivity contribution in [2.24, 2.45) is 5.92 Å². The molecule has 0 bridgehead atoms. The van der Waals surface area contributed by atoms with Crippen LogP contribution in [-0.4, -0.2) is 13.1 Å². The van der Waals surface area contributed by atoms with Gasteiger partial charge in [0.05, 0.1) is 11.3 Å². The second-order valence-corrected chi connectivity index (χ2v) is 5.46. The quantitative estimate of drug-likeness (QED) is 0.825. The molecule has 0 aromatic heterocycles. The molecule has 0 aliphatic carbocycles. The van der Waals surface area contributed by atoms with Gasteiger partial charge in [-0.15, -0.1) is 0 Å². The van der Waals surface area contributed by atoms with Crippen molar-refractivity contribution in [1.29, 1.82) is 5.26 Å². The van der Waals surface area contributed by atoms with Crippen LogP contribution in [-0.2, 0) is 0 Å². The Balaban J connectivity index is 2.28. The molecule has 1 fully saturated rings. The molecule has 1 aromatic rings. The first-order valence-corrected chi connectivity index (χ1v) is 6.99. The normalized spacial score (nSPS) is 20.1. The van der Waals surface area contributed by atoms with Crippen LogP contribution in [0.5, 0.6) is 0 Å². The molecule has 17 heavy (non-hydrogen) atoms. The Labute approximate surface area is 111 Å². The van der Waals surface area contributed by atoms with Crippen molar-refractivity contribution >= 4 is 21.6 Å². The van der Waals surface area contributed by atoms with Gasteiger partial charge in [-0.25, -0.2) is 0 Å². The Bertz CT molecular complexity index is 436. The lowest BCUT2D eigenvalue weighted by Gasteiger charge is -2.34. The number of anilines is 1. The maximum atomic E-state index is 9.25. The van der Waals surface area contributed by atoms with Gasteiger partial charge in [0.15, 0.2) is 0 Å². The van der Waals surface area contributed by atoms with Gasteiger partial charge in [-0.1, -0.05) is 19.4 Å². The van der Waals surface area contributed by atoms with Crippen LogP contribution in [0.25, 0.3) is 0 Å². The van der Waals surface area contributed by atoms with E-state index in [-0.39, 0.29) is 0 Å². The summed E-state index contributed by atoms with van der Waals surface area (Å²) in [5.74, 6) is 0.772. The fourth-order valence-electron chi connectivity index (χ4n) is 2.50. The smallest absolute Gasteiger partial charge is 0.103 e. The SMILES string of the molecule is CCC1CCCN(c2cccc(Br)c2C#N)C1. The van der Waals surface area contributed by atoms with Crippen molar-refractivity contribution in [3.8, 4) is 6.07 Å². The molecule has 1 unspecified atom stereocenters. The van der Waals surface area contributed by atoms with Crippen LogP contribution in [0.4, 0.5) is 5.69 Å². The lowest BCUT2D eigenvalue weighted by Crippen LogP contribution is -2.35. The Hall–Kier alpha value is -1.01. The number of halogens is 1. The third-order valence-electron chi connectivity index (χ3n) is 3.54. The molecule has 1 heterocycles. The van der Waals surface area contributed by atoms with Gasteiger partial charge in [0, 0.05) is 17.6 Å². The fourth-order valence-corrected chi connectivity index (χ4v) is 2.95. The third-order valence-corrected chi connectivity index (χ3v) is 4.20. The summed E-state index contributed by atoms with van der Waals surface area (Å²) in [6, 6.07) is 8.31. The first-order chi connectivity index (χ1) is 8.26. The predicted molar refractivity (Wildman–Crippen MR) is 74.1 cm³/mol. The van der Waals surface area contributed by atoms with E-state index < -0.39 is 0 Å². The van der Waals surface area contributed by atoms with Crippen LogP contribution in [0.1, 0.15) is 31.7 Å². The molecule has 0 spiro atoms. The monoisotopic (exact) mass is 292 g/mol. The topological polar surface area (TPSA) is 27.0 Å². The van der Waals surface area contributed by atoms with Crippen LogP contribution in [0.3, 0.4) is 0 Å². The Morgan fingerprint density at radius 1 is 1.53 bits per heavy atom. The summed E-state index contributed by atoms with van der Waals surface area (Å²) >= 11 is 3.46. The molecule has 0 amide bonds. The van der Waals surface area contributed by atoms with E-state index in [1.165, 1.54) is 19.3 Å². The van der Waals surface area contributed by atoms with Crippen molar-refractivity contribution in [3.63, 3.8) is 0 Å². The van der Waals surface area contributed by atoms with Crippen molar-refractivity contribution in [1.82, 2.24) is 0 Å². The number of nitrogens with zero attached hydrogens (tertiary/aromatic N) is 2. The highest BCUT2D eigenvalue weighted by atomic mass is 79.9. The lowest BCUT2D eigenvalue weighted by atomic mass is 9.95. The minimum atomic E-state index is 0.768. The molecule has 1 saturated heterocycles. The molecule has 90 valence electrons. The van der Waals surface area contributed by atoms with Gasteiger partial charge in [-0.05, 0) is 46.8 Å². The highest BCUT2D eigenvalue weighted by Gasteiger charge is 2.21. The molecule has 1 aromatic carbocycles. The molecule has 1 atom stereocenters. The molecule has 2 rings (SSSR count). The number of nitriles is 1. The van der Waals surface area contributed by atoms with E-state index in [4.69, 9.17) is 0 Å². The average Bonchev–Trinajstić information content (AvgIpc) is 2.38. The summed E-state index contributed by atoms with van der Waals surface area (Å²) in [5.41, 5.74) is 1.85. The molecule has 0 saturated carbocycles. The van der Waals surface area contributed by atoms with Crippen LogP contribution in [0.2, 0.25) is 0 Å². The van der Waals surface area contributed by atoms with Crippen LogP contribution in [0, 0.1) is 17.2 Å². The summed E-state index contributed by atoms with van der Waals surface area (Å²) in [7, 11) is 0. The maximum absolute atomic E-state index is 9.25. The first-order valence-electron chi connectivity index (χ1n) is 6.19. The van der Waals surface area contributed by atoms with Crippen molar-refractivity contribution in [2.45, 2.75) is 26.2 Å². The van der Waals surface area contributed by atoms with Crippen molar-refractivity contribution in [2.75, 3.05) is 18.0 Å². The molecule has 2 nitrogen and oxygen atoms in total. The minimum absolute atomic E-state index is 0.768. The molecule has 1 aliphatic heterocycles. The zero-order chi connectivity index (χ0) is 12.3. The average molecular weight is 293 g/mol. The van der Waals surface area contributed by atoms with E-state index in [9.17, 15) is 5.26 Å². The van der Waals surface area contributed by atoms with Gasteiger partial charge in [0.1, 0.15) is 6.07 Å². The van der Waals surface area contributed by atoms with Gasteiger partial charge in [0.2, 0.25) is 0 Å². The fraction of sp³-hybridized carbons (Fsp3) is 0.500. The van der Waals surface area contributed by atoms with E-state index in [2.05, 4.69) is 39.9 Å². The van der Waals surface area contributed by atoms with E-state index >= 15 is 0 Å². The van der Waals surface area contributed by atoms with E-state index in [0.29, 0.717) is 0 Å². The highest BCUT2D eigenvalue weighted by Crippen LogP contribution is 2.31. The molecular formula is C14H17BrN2. The number of hydrogen-bond acceptors (Lipinski definition) is 2. The maximum Gasteiger partial charge on any atom is 0.103 e. The second-order valence-electron chi connectivity index (χ2n) is 4.61. The van der Waals surface area contributed by atoms with Crippen LogP contribution in [0.15, 0.2) is 22.7 Å². The summed E-state index contributed by atoms with van der Waals surface area (Å²) < 4.78 is 0.899. The Kier molecular flexibility index (Phi) is 4.06. The van der Waals surface area contributed by atoms with E-state index in [1.54, 1.807) is 0 Å². The van der Waals surface area contributed by atoms with Gasteiger partial charge in [-0.3, -0.25) is 0 Å². The Morgan fingerprint density at radius 2 is 2.35 bits per heavy atom. The van der Waals surface area contributed by atoms with Gasteiger partial charge < -0.3 is 4.90 Å². The number of piperidine rings is 1. The molecule has 3 heteroatoms. The number of rotatable bonds is 2. The largest absolute Gasteiger partial charge is 0.370 e. The van der Waals surface area contributed by atoms with Gasteiger partial charge >= 0.3 is 0 Å². The molecule has 1 aliphatic rings. The number of hydrogen-bond donors (Lipinski definition) is 0. The lowest BCUT2D eigenvalue weighted by molar-refractivity contribution is 0.404. The van der Waals surface area contributed by atoms with Crippen molar-refractivity contribution < 1.29 is 0 Å². The summed E-state index contributed by atoms with van der Waals surface area (Å²) in [5, 5.41) is 9.25. The second kappa shape index (κ2) is 5.55. The molecular weight excluding hydrogens is 276 g/mol. The van der Waals surface area contributed by atoms with E-state index in [1.807, 2.05) is 12.1 Å². The van der Waals surface area contributed by atoms with Crippen LogP contribution < -0.4 is 4.90 Å². The van der Waals surface area contributed by atoms with Crippen LogP contribution >= 0.6 is 15.9 Å². The Morgan fingerprint density at radius 3 is 3.06 bits per heavy atom. The standard InChI is InChI=1S/C14H17BrN2/c1-2-11-5-4-8-17(10-11)14-7-3-6-13(15)12(14)9-16/h3,6-7,11H,2,4-5,8,10H2,1H3. The zero-order valence-electron chi connectivity index (χ0n) is 10.1. The molecule has 0 radical (unpaired) electrons. The molecule has 0 N–H and O–H groups in total.